The highest BCUT2D eigenvalue weighted by atomic mass is 16.5. The Bertz CT molecular complexity index is 213. The highest BCUT2D eigenvalue weighted by molar-refractivity contribution is 5.00. The number of likely N-dealkylation sites (N-methyl/N-ethyl adjacent to an activating group) is 1. The molecule has 3 heteroatoms. The molecule has 2 N–H and O–H groups in total. The van der Waals surface area contributed by atoms with E-state index in [-0.39, 0.29) is 12.1 Å². The minimum atomic E-state index is -0.197. The highest BCUT2D eigenvalue weighted by Crippen LogP contribution is 2.39. The Hall–Kier alpha value is -0.120. The summed E-state index contributed by atoms with van der Waals surface area (Å²) in [6.45, 7) is 5.20. The standard InChI is InChI=1S/C15H31NO2/c1-4-5-6-7-8-13(2)18-12-15(11-17,16-3)14-9-10-14/h13-14,16-17H,4-12H2,1-3H3. The van der Waals surface area contributed by atoms with E-state index in [1.807, 2.05) is 7.05 Å². The van der Waals surface area contributed by atoms with Crippen LogP contribution in [-0.2, 0) is 4.74 Å². The van der Waals surface area contributed by atoms with Crippen LogP contribution in [0.3, 0.4) is 0 Å². The molecule has 18 heavy (non-hydrogen) atoms. The quantitative estimate of drug-likeness (QED) is 0.559. The van der Waals surface area contributed by atoms with E-state index in [0.717, 1.165) is 6.42 Å². The zero-order valence-corrected chi connectivity index (χ0v) is 12.4. The molecule has 0 amide bonds. The summed E-state index contributed by atoms with van der Waals surface area (Å²) in [5.41, 5.74) is -0.197. The molecule has 0 heterocycles. The van der Waals surface area contributed by atoms with Crippen molar-refractivity contribution in [1.82, 2.24) is 5.32 Å². The van der Waals surface area contributed by atoms with E-state index in [1.54, 1.807) is 0 Å². The maximum absolute atomic E-state index is 9.60. The number of aliphatic hydroxyl groups excluding tert-OH is 1. The molecule has 0 aromatic heterocycles. The number of unbranched alkanes of at least 4 members (excludes halogenated alkanes) is 3. The fourth-order valence-electron chi connectivity index (χ4n) is 2.52. The molecule has 2 atom stereocenters. The summed E-state index contributed by atoms with van der Waals surface area (Å²) in [6.07, 6.45) is 9.05. The van der Waals surface area contributed by atoms with Crippen LogP contribution in [0.2, 0.25) is 0 Å². The lowest BCUT2D eigenvalue weighted by Gasteiger charge is -2.32. The van der Waals surface area contributed by atoms with Gasteiger partial charge in [0.15, 0.2) is 0 Å². The van der Waals surface area contributed by atoms with Gasteiger partial charge >= 0.3 is 0 Å². The largest absolute Gasteiger partial charge is 0.394 e. The molecule has 0 spiro atoms. The third-order valence-corrected chi connectivity index (χ3v) is 4.23. The topological polar surface area (TPSA) is 41.5 Å². The van der Waals surface area contributed by atoms with Gasteiger partial charge in [0.25, 0.3) is 0 Å². The summed E-state index contributed by atoms with van der Waals surface area (Å²) in [4.78, 5) is 0. The first-order valence-electron chi connectivity index (χ1n) is 7.60. The molecule has 0 aromatic carbocycles. The van der Waals surface area contributed by atoms with E-state index in [0.29, 0.717) is 18.6 Å². The third-order valence-electron chi connectivity index (χ3n) is 4.23. The summed E-state index contributed by atoms with van der Waals surface area (Å²) in [5.74, 6) is 0.597. The Balaban J connectivity index is 2.20. The van der Waals surface area contributed by atoms with Gasteiger partial charge in [0.05, 0.1) is 24.9 Å². The summed E-state index contributed by atoms with van der Waals surface area (Å²) >= 11 is 0. The van der Waals surface area contributed by atoms with E-state index in [9.17, 15) is 5.11 Å². The lowest BCUT2D eigenvalue weighted by molar-refractivity contribution is -0.0120. The Morgan fingerprint density at radius 3 is 2.56 bits per heavy atom. The maximum Gasteiger partial charge on any atom is 0.0677 e. The average Bonchev–Trinajstić information content (AvgIpc) is 3.21. The average molecular weight is 257 g/mol. The zero-order chi connectivity index (χ0) is 13.4. The van der Waals surface area contributed by atoms with Crippen molar-refractivity contribution in [3.8, 4) is 0 Å². The van der Waals surface area contributed by atoms with Gasteiger partial charge in [-0.25, -0.2) is 0 Å². The van der Waals surface area contributed by atoms with Gasteiger partial charge in [-0.15, -0.1) is 0 Å². The van der Waals surface area contributed by atoms with Crippen LogP contribution in [0.1, 0.15) is 58.8 Å². The predicted octanol–water partition coefficient (Wildman–Crippen LogP) is 2.72. The highest BCUT2D eigenvalue weighted by Gasteiger charge is 2.44. The number of hydrogen-bond acceptors (Lipinski definition) is 3. The number of ether oxygens (including phenoxy) is 1. The lowest BCUT2D eigenvalue weighted by Crippen LogP contribution is -2.53. The number of nitrogens with one attached hydrogen (secondary N) is 1. The Morgan fingerprint density at radius 1 is 1.33 bits per heavy atom. The van der Waals surface area contributed by atoms with Crippen LogP contribution in [0.4, 0.5) is 0 Å². The van der Waals surface area contributed by atoms with Crippen molar-refractivity contribution in [2.45, 2.75) is 70.4 Å². The number of hydrogen-bond donors (Lipinski definition) is 2. The lowest BCUT2D eigenvalue weighted by atomic mass is 9.95. The first kappa shape index (κ1) is 15.9. The first-order valence-corrected chi connectivity index (χ1v) is 7.60. The number of rotatable bonds is 11. The van der Waals surface area contributed by atoms with Gasteiger partial charge in [0.2, 0.25) is 0 Å². The van der Waals surface area contributed by atoms with Crippen LogP contribution in [0.15, 0.2) is 0 Å². The second-order valence-electron chi connectivity index (χ2n) is 5.81. The molecule has 3 nitrogen and oxygen atoms in total. The van der Waals surface area contributed by atoms with Crippen LogP contribution >= 0.6 is 0 Å². The summed E-state index contributed by atoms with van der Waals surface area (Å²) in [5, 5.41) is 12.9. The molecule has 0 aromatic rings. The van der Waals surface area contributed by atoms with E-state index in [1.165, 1.54) is 38.5 Å². The summed E-state index contributed by atoms with van der Waals surface area (Å²) < 4.78 is 5.95. The van der Waals surface area contributed by atoms with Crippen molar-refractivity contribution in [2.75, 3.05) is 20.3 Å². The van der Waals surface area contributed by atoms with E-state index < -0.39 is 0 Å². The van der Waals surface area contributed by atoms with Crippen molar-refractivity contribution in [1.29, 1.82) is 0 Å². The molecule has 1 fully saturated rings. The molecule has 1 aliphatic rings. The van der Waals surface area contributed by atoms with Crippen LogP contribution in [0.5, 0.6) is 0 Å². The van der Waals surface area contributed by atoms with Gasteiger partial charge in [-0.05, 0) is 39.2 Å². The second kappa shape index (κ2) is 8.13. The van der Waals surface area contributed by atoms with Crippen LogP contribution in [-0.4, -0.2) is 37.0 Å². The van der Waals surface area contributed by atoms with Gasteiger partial charge in [-0.2, -0.15) is 0 Å². The Morgan fingerprint density at radius 2 is 2.06 bits per heavy atom. The summed E-state index contributed by atoms with van der Waals surface area (Å²) in [7, 11) is 1.93. The van der Waals surface area contributed by atoms with Crippen LogP contribution < -0.4 is 5.32 Å². The monoisotopic (exact) mass is 257 g/mol. The smallest absolute Gasteiger partial charge is 0.0677 e. The van der Waals surface area contributed by atoms with Gasteiger partial charge in [0, 0.05) is 0 Å². The van der Waals surface area contributed by atoms with E-state index >= 15 is 0 Å². The molecule has 1 aliphatic carbocycles. The first-order chi connectivity index (χ1) is 8.68. The Kier molecular flexibility index (Phi) is 7.20. The molecule has 0 aliphatic heterocycles. The molecule has 0 radical (unpaired) electrons. The fraction of sp³-hybridized carbons (Fsp3) is 1.00. The van der Waals surface area contributed by atoms with Gasteiger partial charge < -0.3 is 15.2 Å². The maximum atomic E-state index is 9.60. The predicted molar refractivity (Wildman–Crippen MR) is 75.8 cm³/mol. The van der Waals surface area contributed by atoms with E-state index in [4.69, 9.17) is 4.74 Å². The second-order valence-corrected chi connectivity index (χ2v) is 5.81. The molecular weight excluding hydrogens is 226 g/mol. The molecule has 0 saturated heterocycles. The van der Waals surface area contributed by atoms with E-state index in [2.05, 4.69) is 19.2 Å². The third kappa shape index (κ3) is 4.87. The van der Waals surface area contributed by atoms with Gasteiger partial charge in [0.1, 0.15) is 0 Å². The van der Waals surface area contributed by atoms with Crippen molar-refractivity contribution in [3.05, 3.63) is 0 Å². The molecule has 0 bridgehead atoms. The van der Waals surface area contributed by atoms with Crippen molar-refractivity contribution in [2.24, 2.45) is 5.92 Å². The normalized spacial score (nSPS) is 20.7. The molecule has 2 unspecified atom stereocenters. The molecule has 108 valence electrons. The molecular formula is C15H31NO2. The SMILES string of the molecule is CCCCCCC(C)OCC(CO)(NC)C1CC1. The Labute approximate surface area is 112 Å². The summed E-state index contributed by atoms with van der Waals surface area (Å²) in [6, 6.07) is 0. The van der Waals surface area contributed by atoms with Crippen molar-refractivity contribution in [3.63, 3.8) is 0 Å². The number of aliphatic hydroxyl groups is 1. The minimum Gasteiger partial charge on any atom is -0.394 e. The van der Waals surface area contributed by atoms with Crippen LogP contribution in [0, 0.1) is 5.92 Å². The van der Waals surface area contributed by atoms with Crippen LogP contribution in [0.25, 0.3) is 0 Å². The minimum absolute atomic E-state index is 0.177. The van der Waals surface area contributed by atoms with Gasteiger partial charge in [-0.3, -0.25) is 0 Å². The van der Waals surface area contributed by atoms with Gasteiger partial charge in [-0.1, -0.05) is 32.6 Å². The van der Waals surface area contributed by atoms with Crippen molar-refractivity contribution < 1.29 is 9.84 Å². The zero-order valence-electron chi connectivity index (χ0n) is 12.4. The fourth-order valence-corrected chi connectivity index (χ4v) is 2.52. The molecule has 1 rings (SSSR count). The van der Waals surface area contributed by atoms with Crippen molar-refractivity contribution >= 4 is 0 Å². The molecule has 1 saturated carbocycles.